The monoisotopic (exact) mass is 188 g/mol. The summed E-state index contributed by atoms with van der Waals surface area (Å²) in [6.45, 7) is 6.66. The summed E-state index contributed by atoms with van der Waals surface area (Å²) in [5, 5.41) is 0. The van der Waals surface area contributed by atoms with E-state index in [2.05, 4.69) is 37.9 Å². The van der Waals surface area contributed by atoms with Gasteiger partial charge in [-0.15, -0.1) is 0 Å². The molecule has 0 aliphatic heterocycles. The molecule has 0 fully saturated rings. The van der Waals surface area contributed by atoms with Crippen molar-refractivity contribution in [2.75, 3.05) is 0 Å². The fraction of sp³-hybridized carbons (Fsp3) is 0.417. The molecule has 2 aromatic heterocycles. The average Bonchev–Trinajstić information content (AvgIpc) is 2.64. The maximum absolute atomic E-state index is 4.48. The molecule has 0 unspecified atom stereocenters. The van der Waals surface area contributed by atoms with E-state index in [1.54, 1.807) is 0 Å². The van der Waals surface area contributed by atoms with Crippen molar-refractivity contribution in [1.82, 2.24) is 9.38 Å². The number of rotatable bonds is 2. The maximum atomic E-state index is 4.48. The van der Waals surface area contributed by atoms with Crippen LogP contribution >= 0.6 is 0 Å². The van der Waals surface area contributed by atoms with Crippen molar-refractivity contribution in [1.29, 1.82) is 0 Å². The first-order valence-corrected chi connectivity index (χ1v) is 5.07. The molecule has 0 spiro atoms. The zero-order valence-corrected chi connectivity index (χ0v) is 8.99. The van der Waals surface area contributed by atoms with Gasteiger partial charge in [-0.25, -0.2) is 4.98 Å². The quantitative estimate of drug-likeness (QED) is 0.708. The van der Waals surface area contributed by atoms with E-state index in [1.165, 1.54) is 11.2 Å². The summed E-state index contributed by atoms with van der Waals surface area (Å²) < 4.78 is 2.04. The van der Waals surface area contributed by atoms with Crippen LogP contribution in [0.3, 0.4) is 0 Å². The lowest BCUT2D eigenvalue weighted by atomic mass is 9.86. The molecule has 0 atom stereocenters. The van der Waals surface area contributed by atoms with Gasteiger partial charge in [0.05, 0.1) is 6.33 Å². The Morgan fingerprint density at radius 2 is 2.21 bits per heavy atom. The molecule has 14 heavy (non-hydrogen) atoms. The van der Waals surface area contributed by atoms with Crippen LogP contribution in [0.15, 0.2) is 30.7 Å². The number of nitrogens with zero attached hydrogens (tertiary/aromatic N) is 2. The molecule has 0 radical (unpaired) electrons. The van der Waals surface area contributed by atoms with Gasteiger partial charge in [-0.1, -0.05) is 20.8 Å². The largest absolute Gasteiger partial charge is 0.308 e. The molecular formula is C12H16N2. The van der Waals surface area contributed by atoms with Crippen LogP contribution in [-0.2, 0) is 5.41 Å². The second-order valence-corrected chi connectivity index (χ2v) is 4.35. The Balaban J connectivity index is 2.53. The van der Waals surface area contributed by atoms with Gasteiger partial charge in [0.15, 0.2) is 0 Å². The molecule has 0 aliphatic carbocycles. The fourth-order valence-electron chi connectivity index (χ4n) is 1.49. The van der Waals surface area contributed by atoms with E-state index in [0.717, 1.165) is 6.42 Å². The molecule has 2 rings (SSSR count). The van der Waals surface area contributed by atoms with Crippen molar-refractivity contribution < 1.29 is 0 Å². The van der Waals surface area contributed by atoms with Gasteiger partial charge in [0.1, 0.15) is 0 Å². The van der Waals surface area contributed by atoms with E-state index < -0.39 is 0 Å². The van der Waals surface area contributed by atoms with Gasteiger partial charge in [-0.3, -0.25) is 0 Å². The predicted molar refractivity (Wildman–Crippen MR) is 58.5 cm³/mol. The molecule has 2 heteroatoms. The van der Waals surface area contributed by atoms with Crippen LogP contribution in [0.25, 0.3) is 5.52 Å². The normalized spacial score (nSPS) is 12.2. The van der Waals surface area contributed by atoms with Crippen LogP contribution in [0.4, 0.5) is 0 Å². The Morgan fingerprint density at radius 1 is 1.43 bits per heavy atom. The van der Waals surface area contributed by atoms with Gasteiger partial charge in [0.2, 0.25) is 0 Å². The van der Waals surface area contributed by atoms with Crippen molar-refractivity contribution in [3.63, 3.8) is 0 Å². The smallest absolute Gasteiger partial charge is 0.0994 e. The predicted octanol–water partition coefficient (Wildman–Crippen LogP) is 3.02. The molecule has 2 nitrogen and oxygen atoms in total. The number of aromatic nitrogens is 2. The van der Waals surface area contributed by atoms with E-state index >= 15 is 0 Å². The van der Waals surface area contributed by atoms with E-state index in [0.29, 0.717) is 0 Å². The summed E-state index contributed by atoms with van der Waals surface area (Å²) in [6, 6.07) is 6.32. The zero-order chi connectivity index (χ0) is 10.2. The summed E-state index contributed by atoms with van der Waals surface area (Å²) >= 11 is 0. The molecule has 74 valence electrons. The number of hydrogen-bond donors (Lipinski definition) is 0. The summed E-state index contributed by atoms with van der Waals surface area (Å²) in [7, 11) is 0. The first-order chi connectivity index (χ1) is 6.63. The maximum Gasteiger partial charge on any atom is 0.0994 e. The molecule has 0 amide bonds. The third-order valence-electron chi connectivity index (χ3n) is 2.99. The highest BCUT2D eigenvalue weighted by molar-refractivity contribution is 5.48. The summed E-state index contributed by atoms with van der Waals surface area (Å²) in [5.74, 6) is 0. The van der Waals surface area contributed by atoms with Crippen molar-refractivity contribution in [2.24, 2.45) is 0 Å². The van der Waals surface area contributed by atoms with E-state index in [9.17, 15) is 0 Å². The molecule has 0 saturated carbocycles. The topological polar surface area (TPSA) is 17.3 Å². The molecular weight excluding hydrogens is 172 g/mol. The Bertz CT molecular complexity index is 440. The minimum absolute atomic E-state index is 0.173. The lowest BCUT2D eigenvalue weighted by Crippen LogP contribution is -2.17. The second-order valence-electron chi connectivity index (χ2n) is 4.35. The fourth-order valence-corrected chi connectivity index (χ4v) is 1.49. The Kier molecular flexibility index (Phi) is 2.06. The van der Waals surface area contributed by atoms with Gasteiger partial charge in [-0.2, -0.15) is 0 Å². The summed E-state index contributed by atoms with van der Waals surface area (Å²) in [4.78, 5) is 4.48. The molecule has 2 heterocycles. The average molecular weight is 188 g/mol. The van der Waals surface area contributed by atoms with Crippen molar-refractivity contribution in [2.45, 2.75) is 32.6 Å². The van der Waals surface area contributed by atoms with Crippen molar-refractivity contribution >= 4 is 5.52 Å². The van der Waals surface area contributed by atoms with Crippen LogP contribution in [0, 0.1) is 0 Å². The van der Waals surface area contributed by atoms with Crippen LogP contribution in [0.5, 0.6) is 0 Å². The molecule has 0 aromatic carbocycles. The van der Waals surface area contributed by atoms with E-state index in [4.69, 9.17) is 0 Å². The molecule has 0 aliphatic rings. The Hall–Kier alpha value is -1.31. The summed E-state index contributed by atoms with van der Waals surface area (Å²) in [6.07, 6.45) is 5.02. The van der Waals surface area contributed by atoms with Crippen LogP contribution < -0.4 is 0 Å². The highest BCUT2D eigenvalue weighted by Gasteiger charge is 2.19. The standard InChI is InChI=1S/C12H16N2/c1-4-12(2,3)11-8-10-6-5-7-14(10)9-13-11/h5-9H,4H2,1-3H3. The minimum atomic E-state index is 0.173. The second kappa shape index (κ2) is 3.12. The van der Waals surface area contributed by atoms with Crippen LogP contribution in [0.1, 0.15) is 32.9 Å². The third kappa shape index (κ3) is 1.41. The van der Waals surface area contributed by atoms with Gasteiger partial charge in [0.25, 0.3) is 0 Å². The number of hydrogen-bond acceptors (Lipinski definition) is 1. The van der Waals surface area contributed by atoms with Gasteiger partial charge < -0.3 is 4.40 Å². The highest BCUT2D eigenvalue weighted by Crippen LogP contribution is 2.25. The van der Waals surface area contributed by atoms with E-state index in [1.807, 2.05) is 23.0 Å². The van der Waals surface area contributed by atoms with Gasteiger partial charge in [-0.05, 0) is 24.6 Å². The van der Waals surface area contributed by atoms with Crippen LogP contribution in [-0.4, -0.2) is 9.38 Å². The number of fused-ring (bicyclic) bond motifs is 1. The third-order valence-corrected chi connectivity index (χ3v) is 2.99. The first-order valence-electron chi connectivity index (χ1n) is 5.07. The minimum Gasteiger partial charge on any atom is -0.308 e. The molecule has 0 N–H and O–H groups in total. The molecule has 0 saturated heterocycles. The van der Waals surface area contributed by atoms with Gasteiger partial charge in [0, 0.05) is 22.8 Å². The highest BCUT2D eigenvalue weighted by atomic mass is 14.9. The first kappa shape index (κ1) is 9.25. The SMILES string of the molecule is CCC(C)(C)c1cc2cccn2cn1. The Morgan fingerprint density at radius 3 is 2.93 bits per heavy atom. The van der Waals surface area contributed by atoms with Gasteiger partial charge >= 0.3 is 0 Å². The van der Waals surface area contributed by atoms with E-state index in [-0.39, 0.29) is 5.41 Å². The van der Waals surface area contributed by atoms with Crippen molar-refractivity contribution in [3.05, 3.63) is 36.4 Å². The zero-order valence-electron chi connectivity index (χ0n) is 8.99. The van der Waals surface area contributed by atoms with Crippen molar-refractivity contribution in [3.8, 4) is 0 Å². The lowest BCUT2D eigenvalue weighted by molar-refractivity contribution is 0.489. The molecule has 0 bridgehead atoms. The summed E-state index contributed by atoms with van der Waals surface area (Å²) in [5.41, 5.74) is 2.56. The molecule has 2 aromatic rings. The van der Waals surface area contributed by atoms with Crippen LogP contribution in [0.2, 0.25) is 0 Å². The lowest BCUT2D eigenvalue weighted by Gasteiger charge is -2.21. The Labute approximate surface area is 84.6 Å².